The van der Waals surface area contributed by atoms with E-state index in [0.29, 0.717) is 18.0 Å². The summed E-state index contributed by atoms with van der Waals surface area (Å²) < 4.78 is 25.8. The number of carbonyl (C=O) groups is 3. The average molecular weight is 443 g/mol. The van der Waals surface area contributed by atoms with Gasteiger partial charge in [-0.2, -0.15) is 0 Å². The summed E-state index contributed by atoms with van der Waals surface area (Å²) in [7, 11) is -4.10. The van der Waals surface area contributed by atoms with E-state index in [1.165, 1.54) is 30.6 Å². The van der Waals surface area contributed by atoms with E-state index in [0.717, 1.165) is 5.69 Å². The number of halogens is 1. The first-order chi connectivity index (χ1) is 13.8. The monoisotopic (exact) mass is 442 g/mol. The number of aromatic amines is 1. The molecule has 1 heterocycles. The van der Waals surface area contributed by atoms with Gasteiger partial charge in [0.2, 0.25) is 11.8 Å². The standard InChI is InChI=1S/C16H19ClN6O5S/c17-11-1-3-13(4-2-11)29(27,28)23-16(26)21-9-15(25)20-8-14(24)19-6-5-12-7-18-10-22-12/h1-4,7,10H,5-6,8-9H2,(H,18,22)(H,19,24)(H,20,25)(H2,21,23,26). The second-order valence-corrected chi connectivity index (χ2v) is 7.81. The molecule has 2 aromatic rings. The van der Waals surface area contributed by atoms with Crippen LogP contribution < -0.4 is 20.7 Å². The Balaban J connectivity index is 1.65. The van der Waals surface area contributed by atoms with Crippen molar-refractivity contribution in [3.63, 3.8) is 0 Å². The van der Waals surface area contributed by atoms with Gasteiger partial charge in [0.15, 0.2) is 0 Å². The van der Waals surface area contributed by atoms with Crippen LogP contribution in [0.1, 0.15) is 5.69 Å². The lowest BCUT2D eigenvalue weighted by Gasteiger charge is -2.09. The number of hydrogen-bond acceptors (Lipinski definition) is 6. The summed E-state index contributed by atoms with van der Waals surface area (Å²) in [5, 5.41) is 7.35. The van der Waals surface area contributed by atoms with Crippen LogP contribution in [-0.2, 0) is 26.0 Å². The van der Waals surface area contributed by atoms with Crippen molar-refractivity contribution < 1.29 is 22.8 Å². The van der Waals surface area contributed by atoms with Gasteiger partial charge in [-0.1, -0.05) is 11.6 Å². The van der Waals surface area contributed by atoms with Gasteiger partial charge < -0.3 is 20.9 Å². The fourth-order valence-corrected chi connectivity index (χ4v) is 3.11. The molecule has 0 saturated carbocycles. The molecule has 0 unspecified atom stereocenters. The number of H-pyrrole nitrogens is 1. The molecule has 0 saturated heterocycles. The second-order valence-electron chi connectivity index (χ2n) is 5.70. The lowest BCUT2D eigenvalue weighted by molar-refractivity contribution is -0.125. The minimum absolute atomic E-state index is 0.159. The molecule has 11 nitrogen and oxygen atoms in total. The Morgan fingerprint density at radius 1 is 1.00 bits per heavy atom. The topological polar surface area (TPSA) is 162 Å². The Morgan fingerprint density at radius 3 is 2.31 bits per heavy atom. The van der Waals surface area contributed by atoms with Crippen molar-refractivity contribution in [3.8, 4) is 0 Å². The van der Waals surface area contributed by atoms with Gasteiger partial charge >= 0.3 is 6.03 Å². The molecule has 0 bridgehead atoms. The molecule has 29 heavy (non-hydrogen) atoms. The number of nitrogens with one attached hydrogen (secondary N) is 5. The maximum absolute atomic E-state index is 12.0. The summed E-state index contributed by atoms with van der Waals surface area (Å²) in [6.45, 7) is -0.433. The third-order valence-corrected chi connectivity index (χ3v) is 5.08. The van der Waals surface area contributed by atoms with Crippen molar-refractivity contribution in [2.45, 2.75) is 11.3 Å². The van der Waals surface area contributed by atoms with E-state index in [4.69, 9.17) is 11.6 Å². The summed E-state index contributed by atoms with van der Waals surface area (Å²) in [5.41, 5.74) is 0.859. The Kier molecular flexibility index (Phi) is 7.98. The Morgan fingerprint density at radius 2 is 1.66 bits per heavy atom. The predicted octanol–water partition coefficient (Wildman–Crippen LogP) is -0.474. The number of imidazole rings is 1. The van der Waals surface area contributed by atoms with E-state index < -0.39 is 34.4 Å². The molecule has 0 atom stereocenters. The molecule has 4 amide bonds. The molecule has 2 rings (SSSR count). The number of hydrogen-bond donors (Lipinski definition) is 5. The first-order valence-electron chi connectivity index (χ1n) is 8.33. The third-order valence-electron chi connectivity index (χ3n) is 3.48. The summed E-state index contributed by atoms with van der Waals surface area (Å²) >= 11 is 5.68. The van der Waals surface area contributed by atoms with Crippen molar-refractivity contribution >= 4 is 39.5 Å². The summed E-state index contributed by atoms with van der Waals surface area (Å²) in [6, 6.07) is 4.10. The fourth-order valence-electron chi connectivity index (χ4n) is 2.05. The van der Waals surface area contributed by atoms with Crippen LogP contribution in [0.5, 0.6) is 0 Å². The zero-order valence-electron chi connectivity index (χ0n) is 15.1. The van der Waals surface area contributed by atoms with Crippen molar-refractivity contribution in [2.75, 3.05) is 19.6 Å². The molecule has 0 aliphatic heterocycles. The number of amides is 4. The van der Waals surface area contributed by atoms with Crippen LogP contribution in [0.3, 0.4) is 0 Å². The number of urea groups is 1. The van der Waals surface area contributed by atoms with E-state index in [-0.39, 0.29) is 11.4 Å². The first kappa shape index (κ1) is 22.2. The van der Waals surface area contributed by atoms with Crippen LogP contribution in [0.2, 0.25) is 5.02 Å². The van der Waals surface area contributed by atoms with Gasteiger partial charge in [-0.05, 0) is 24.3 Å². The maximum Gasteiger partial charge on any atom is 0.329 e. The summed E-state index contributed by atoms with van der Waals surface area (Å²) in [5.74, 6) is -1.07. The first-order valence-corrected chi connectivity index (χ1v) is 10.2. The molecule has 0 spiro atoms. The number of carbonyl (C=O) groups excluding carboxylic acids is 3. The van der Waals surface area contributed by atoms with Gasteiger partial charge in [-0.3, -0.25) is 9.59 Å². The van der Waals surface area contributed by atoms with Crippen molar-refractivity contribution in [2.24, 2.45) is 0 Å². The molecule has 13 heteroatoms. The van der Waals surface area contributed by atoms with Crippen LogP contribution in [-0.4, -0.2) is 55.9 Å². The van der Waals surface area contributed by atoms with Crippen LogP contribution in [0.15, 0.2) is 41.7 Å². The normalized spacial score (nSPS) is 10.8. The molecule has 1 aromatic heterocycles. The molecular formula is C16H19ClN6O5S. The van der Waals surface area contributed by atoms with Crippen molar-refractivity contribution in [1.82, 2.24) is 30.6 Å². The zero-order valence-corrected chi connectivity index (χ0v) is 16.6. The highest BCUT2D eigenvalue weighted by Gasteiger charge is 2.18. The SMILES string of the molecule is O=C(CNC(=O)CNC(=O)NS(=O)(=O)c1ccc(Cl)cc1)NCCc1cnc[nH]1. The number of aromatic nitrogens is 2. The Bertz CT molecular complexity index is 947. The van der Waals surface area contributed by atoms with Crippen molar-refractivity contribution in [1.29, 1.82) is 0 Å². The molecule has 0 aliphatic carbocycles. The Labute approximate surface area is 171 Å². The predicted molar refractivity (Wildman–Crippen MR) is 103 cm³/mol. The van der Waals surface area contributed by atoms with Crippen LogP contribution in [0.4, 0.5) is 4.79 Å². The van der Waals surface area contributed by atoms with Gasteiger partial charge in [0, 0.05) is 29.9 Å². The summed E-state index contributed by atoms with van der Waals surface area (Å²) in [6.07, 6.45) is 3.72. The van der Waals surface area contributed by atoms with Gasteiger partial charge in [-0.15, -0.1) is 0 Å². The van der Waals surface area contributed by atoms with E-state index in [2.05, 4.69) is 25.9 Å². The van der Waals surface area contributed by atoms with E-state index in [1.54, 1.807) is 10.9 Å². The average Bonchev–Trinajstić information content (AvgIpc) is 3.18. The fraction of sp³-hybridized carbons (Fsp3) is 0.250. The molecule has 0 fully saturated rings. The molecule has 0 radical (unpaired) electrons. The van der Waals surface area contributed by atoms with E-state index >= 15 is 0 Å². The van der Waals surface area contributed by atoms with Gasteiger partial charge in [0.05, 0.1) is 24.3 Å². The maximum atomic E-state index is 12.0. The lowest BCUT2D eigenvalue weighted by Crippen LogP contribution is -2.46. The minimum Gasteiger partial charge on any atom is -0.354 e. The van der Waals surface area contributed by atoms with Crippen LogP contribution in [0, 0.1) is 0 Å². The number of nitrogens with zero attached hydrogens (tertiary/aromatic N) is 1. The molecular weight excluding hydrogens is 424 g/mol. The smallest absolute Gasteiger partial charge is 0.329 e. The largest absolute Gasteiger partial charge is 0.354 e. The second kappa shape index (κ2) is 10.4. The van der Waals surface area contributed by atoms with Crippen LogP contribution in [0.25, 0.3) is 0 Å². The minimum atomic E-state index is -4.10. The lowest BCUT2D eigenvalue weighted by atomic mass is 10.3. The highest BCUT2D eigenvalue weighted by Crippen LogP contribution is 2.13. The highest BCUT2D eigenvalue weighted by atomic mass is 35.5. The number of rotatable bonds is 9. The molecule has 156 valence electrons. The van der Waals surface area contributed by atoms with E-state index in [1.807, 2.05) is 0 Å². The molecule has 1 aromatic carbocycles. The Hall–Kier alpha value is -3.12. The molecule has 5 N–H and O–H groups in total. The van der Waals surface area contributed by atoms with E-state index in [9.17, 15) is 22.8 Å². The van der Waals surface area contributed by atoms with Gasteiger partial charge in [0.1, 0.15) is 0 Å². The van der Waals surface area contributed by atoms with Crippen LogP contribution >= 0.6 is 11.6 Å². The zero-order chi connectivity index (χ0) is 21.3. The highest BCUT2D eigenvalue weighted by molar-refractivity contribution is 7.90. The quantitative estimate of drug-likeness (QED) is 0.352. The van der Waals surface area contributed by atoms with Crippen molar-refractivity contribution in [3.05, 3.63) is 47.5 Å². The summed E-state index contributed by atoms with van der Waals surface area (Å²) in [4.78, 5) is 41.6. The van der Waals surface area contributed by atoms with Gasteiger partial charge in [0.25, 0.3) is 10.0 Å². The number of benzene rings is 1. The third kappa shape index (κ3) is 7.79. The van der Waals surface area contributed by atoms with Gasteiger partial charge in [-0.25, -0.2) is 22.9 Å². The number of sulfonamides is 1. The molecule has 0 aliphatic rings.